The van der Waals surface area contributed by atoms with Gasteiger partial charge in [-0.2, -0.15) is 5.10 Å². The van der Waals surface area contributed by atoms with Crippen LogP contribution < -0.4 is 10.1 Å². The van der Waals surface area contributed by atoms with Crippen LogP contribution >= 0.6 is 0 Å². The number of benzene rings is 3. The zero-order valence-electron chi connectivity index (χ0n) is 39.9. The number of fused-ring (bicyclic) bond motifs is 14. The lowest BCUT2D eigenvalue weighted by Gasteiger charge is -2.41. The van der Waals surface area contributed by atoms with Crippen LogP contribution in [0.5, 0.6) is 17.2 Å². The van der Waals surface area contributed by atoms with Crippen molar-refractivity contribution in [3.8, 4) is 17.2 Å². The quantitative estimate of drug-likeness (QED) is 0.0907. The monoisotopic (exact) mass is 909 g/mol. The normalized spacial score (nSPS) is 33.0. The highest BCUT2D eigenvalue weighted by molar-refractivity contribution is 6.21. The number of hydrazone groups is 1. The predicted molar refractivity (Wildman–Crippen MR) is 253 cm³/mol. The van der Waals surface area contributed by atoms with Gasteiger partial charge < -0.3 is 44.7 Å². The van der Waals surface area contributed by atoms with Crippen LogP contribution in [0.2, 0.25) is 0 Å². The van der Waals surface area contributed by atoms with Crippen molar-refractivity contribution >= 4 is 40.3 Å². The van der Waals surface area contributed by atoms with Gasteiger partial charge in [0.25, 0.3) is 11.7 Å². The number of anilines is 1. The van der Waals surface area contributed by atoms with E-state index in [9.17, 15) is 34.8 Å². The summed E-state index contributed by atoms with van der Waals surface area (Å²) in [6, 6.07) is 12.1. The van der Waals surface area contributed by atoms with Crippen molar-refractivity contribution in [2.45, 2.75) is 131 Å². The maximum absolute atomic E-state index is 14.6. The maximum Gasteiger partial charge on any atom is 0.312 e. The van der Waals surface area contributed by atoms with Crippen molar-refractivity contribution in [2.75, 3.05) is 12.4 Å². The molecule has 14 nitrogen and oxygen atoms in total. The zero-order valence-corrected chi connectivity index (χ0v) is 39.9. The van der Waals surface area contributed by atoms with Crippen molar-refractivity contribution < 1.29 is 53.8 Å². The molecule has 3 aromatic rings. The van der Waals surface area contributed by atoms with Crippen molar-refractivity contribution in [1.82, 2.24) is 5.01 Å². The number of hydrogen-bond acceptors (Lipinski definition) is 13. The fourth-order valence-electron chi connectivity index (χ4n) is 9.96. The Morgan fingerprint density at radius 2 is 1.62 bits per heavy atom. The molecule has 66 heavy (non-hydrogen) atoms. The molecule has 3 aromatic carbocycles. The number of esters is 1. The molecule has 0 spiro atoms. The summed E-state index contributed by atoms with van der Waals surface area (Å²) < 4.78 is 23.9. The van der Waals surface area contributed by atoms with Crippen molar-refractivity contribution in [3.63, 3.8) is 0 Å². The minimum absolute atomic E-state index is 0.0304. The lowest BCUT2D eigenvalue weighted by molar-refractivity contribution is -0.160. The van der Waals surface area contributed by atoms with Gasteiger partial charge >= 0.3 is 11.8 Å². The highest BCUT2D eigenvalue weighted by Crippen LogP contribution is 2.52. The summed E-state index contributed by atoms with van der Waals surface area (Å²) in [6.45, 7) is 17.1. The number of carbonyl (C=O) groups is 3. The number of ether oxygens (including phenoxy) is 4. The second-order valence-electron chi connectivity index (χ2n) is 18.8. The van der Waals surface area contributed by atoms with Crippen molar-refractivity contribution in [2.24, 2.45) is 34.7 Å². The number of ketones is 1. The van der Waals surface area contributed by atoms with Crippen LogP contribution in [-0.2, 0) is 30.2 Å². The van der Waals surface area contributed by atoms with Gasteiger partial charge in [0.15, 0.2) is 5.75 Å². The molecule has 1 fully saturated rings. The Morgan fingerprint density at radius 1 is 0.955 bits per heavy atom. The molecule has 0 aromatic heterocycles. The second kappa shape index (κ2) is 20.4. The summed E-state index contributed by atoms with van der Waals surface area (Å²) in [5, 5.41) is 56.8. The van der Waals surface area contributed by atoms with E-state index in [1.54, 1.807) is 78.1 Å². The number of carbonyl (C=O) groups excluding carboxylic acids is 3. The van der Waals surface area contributed by atoms with Gasteiger partial charge in [-0.3, -0.25) is 19.4 Å². The standard InChI is InChI=1S/C52H67N3O11/c1-27-16-15-17-28(2)51(62)54-43-38(26-53-55-29(3)22-37(23-30(55)4)24-36-18-13-12-14-19-36)25-39-41(47(43)60)46(59)34(8)49-42(39)50(61)52(10,66-49)64-21-20-40(63-11)31(5)48(65-35(9)56)33(7)45(58)32(6)44(27)57/h12-21,25-27,29-33,37,40,44-45,48,57-60H,22-24H2,1-11H3,(H,54,62)/b16-15+,21-20+,28-17-,53-26+. The van der Waals surface area contributed by atoms with Gasteiger partial charge in [-0.25, -0.2) is 0 Å². The van der Waals surface area contributed by atoms with Gasteiger partial charge in [0.1, 0.15) is 17.6 Å². The molecule has 4 aliphatic heterocycles. The first kappa shape index (κ1) is 49.7. The first-order valence-electron chi connectivity index (χ1n) is 22.9. The highest BCUT2D eigenvalue weighted by Gasteiger charge is 2.49. The van der Waals surface area contributed by atoms with Gasteiger partial charge in [-0.15, -0.1) is 0 Å². The van der Waals surface area contributed by atoms with Crippen LogP contribution in [0.4, 0.5) is 5.69 Å². The SMILES string of the molecule is COC1/C=C/OC2(C)Oc3c(C)c(O)c4c(O)c(c(/C=N/N5C(C)CC(Cc6ccccc6)CC5C)cc4c3C2=O)NC(=O)/C(C)=C\C=C\C(C)C(O)C(C)C(O)C(C)C(OC(C)=O)C1C. The topological polar surface area (TPSA) is 197 Å². The molecular formula is C52H67N3O11. The van der Waals surface area contributed by atoms with Crippen molar-refractivity contribution in [3.05, 3.63) is 94.8 Å². The molecular weight excluding hydrogens is 843 g/mol. The Labute approximate surface area is 388 Å². The third kappa shape index (κ3) is 10.2. The molecule has 0 radical (unpaired) electrons. The number of phenols is 2. The number of hydrogen-bond donors (Lipinski definition) is 5. The average Bonchev–Trinajstić information content (AvgIpc) is 3.54. The molecule has 356 valence electrons. The highest BCUT2D eigenvalue weighted by atomic mass is 16.7. The van der Waals surface area contributed by atoms with E-state index < -0.39 is 77.3 Å². The molecule has 0 aliphatic carbocycles. The van der Waals surface area contributed by atoms with Crippen LogP contribution in [0, 0.1) is 36.5 Å². The van der Waals surface area contributed by atoms with E-state index in [1.165, 1.54) is 32.8 Å². The van der Waals surface area contributed by atoms with E-state index in [4.69, 9.17) is 24.0 Å². The Kier molecular flexibility index (Phi) is 15.4. The molecule has 4 heterocycles. The van der Waals surface area contributed by atoms with Gasteiger partial charge in [0.05, 0.1) is 47.4 Å². The third-order valence-corrected chi connectivity index (χ3v) is 13.8. The van der Waals surface area contributed by atoms with E-state index in [-0.39, 0.29) is 62.3 Å². The largest absolute Gasteiger partial charge is 0.507 e. The number of Topliss-reactive ketones (excluding diaryl/α,β-unsaturated/α-hetero) is 1. The van der Waals surface area contributed by atoms with Gasteiger partial charge in [0, 0.05) is 78.8 Å². The smallest absolute Gasteiger partial charge is 0.312 e. The van der Waals surface area contributed by atoms with Gasteiger partial charge in [-0.05, 0) is 70.6 Å². The Balaban J connectivity index is 1.46. The van der Waals surface area contributed by atoms with Crippen LogP contribution in [0.3, 0.4) is 0 Å². The number of aliphatic hydroxyl groups is 2. The average molecular weight is 910 g/mol. The van der Waals surface area contributed by atoms with E-state index in [0.29, 0.717) is 5.92 Å². The maximum atomic E-state index is 14.6. The summed E-state index contributed by atoms with van der Waals surface area (Å²) in [5.74, 6) is -6.41. The molecule has 5 N–H and O–H groups in total. The van der Waals surface area contributed by atoms with Crippen LogP contribution in [0.15, 0.2) is 77.6 Å². The van der Waals surface area contributed by atoms with Gasteiger partial charge in [0.2, 0.25) is 0 Å². The number of rotatable bonds is 6. The van der Waals surface area contributed by atoms with Crippen LogP contribution in [0.25, 0.3) is 10.8 Å². The molecule has 11 atom stereocenters. The molecule has 0 saturated carbocycles. The molecule has 1 saturated heterocycles. The number of allylic oxidation sites excluding steroid dienone is 2. The van der Waals surface area contributed by atoms with E-state index >= 15 is 0 Å². The minimum Gasteiger partial charge on any atom is -0.507 e. The zero-order chi connectivity index (χ0) is 48.4. The Morgan fingerprint density at radius 3 is 2.26 bits per heavy atom. The number of nitrogens with one attached hydrogen (secondary N) is 1. The fraction of sp³-hybridized carbons (Fsp3) is 0.500. The number of aromatic hydroxyl groups is 2. The van der Waals surface area contributed by atoms with Gasteiger partial charge in [-0.1, -0.05) is 76.3 Å². The summed E-state index contributed by atoms with van der Waals surface area (Å²) in [7, 11) is 1.47. The summed E-state index contributed by atoms with van der Waals surface area (Å²) in [6.07, 6.45) is 8.25. The number of methoxy groups -OCH3 is 1. The van der Waals surface area contributed by atoms with Crippen LogP contribution in [-0.4, -0.2) is 98.7 Å². The minimum atomic E-state index is -1.94. The van der Waals surface area contributed by atoms with Crippen molar-refractivity contribution in [1.29, 1.82) is 0 Å². The second-order valence-corrected chi connectivity index (χ2v) is 18.8. The number of nitrogens with zero attached hydrogens (tertiary/aromatic N) is 2. The first-order valence-corrected chi connectivity index (χ1v) is 22.9. The lowest BCUT2D eigenvalue weighted by Crippen LogP contribution is -2.46. The van der Waals surface area contributed by atoms with Crippen LogP contribution in [0.1, 0.15) is 102 Å². The number of amides is 1. The summed E-state index contributed by atoms with van der Waals surface area (Å²) >= 11 is 0. The van der Waals surface area contributed by atoms with E-state index in [1.807, 2.05) is 11.1 Å². The fourth-order valence-corrected chi connectivity index (χ4v) is 9.96. The molecule has 4 aliphatic rings. The van der Waals surface area contributed by atoms with E-state index in [0.717, 1.165) is 19.3 Å². The molecule has 11 unspecified atom stereocenters. The molecule has 5 bridgehead atoms. The number of aliphatic hydroxyl groups excluding tert-OH is 2. The summed E-state index contributed by atoms with van der Waals surface area (Å²) in [4.78, 5) is 41.0. The third-order valence-electron chi connectivity index (χ3n) is 13.8. The molecule has 1 amide bonds. The molecule has 14 heteroatoms. The predicted octanol–water partition coefficient (Wildman–Crippen LogP) is 8.11. The summed E-state index contributed by atoms with van der Waals surface area (Å²) in [5.41, 5.74) is 1.98. The Bertz CT molecular complexity index is 2400. The van der Waals surface area contributed by atoms with E-state index in [2.05, 4.69) is 43.4 Å². The lowest BCUT2D eigenvalue weighted by atomic mass is 9.78. The number of piperidine rings is 1. The Hall–Kier alpha value is -5.70. The number of phenolic OH excluding ortho intramolecular Hbond substituents is 2. The first-order chi connectivity index (χ1) is 31.2. The molecule has 7 rings (SSSR count).